The predicted octanol–water partition coefficient (Wildman–Crippen LogP) is 2.23. The molecule has 0 radical (unpaired) electrons. The summed E-state index contributed by atoms with van der Waals surface area (Å²) in [6, 6.07) is 5.43. The molecular weight excluding hydrogens is 356 g/mol. The van der Waals surface area contributed by atoms with E-state index in [9.17, 15) is 4.79 Å². The lowest BCUT2D eigenvalue weighted by Crippen LogP contribution is -2.20. The van der Waals surface area contributed by atoms with E-state index >= 15 is 0 Å². The van der Waals surface area contributed by atoms with E-state index in [4.69, 9.17) is 9.47 Å². The first-order chi connectivity index (χ1) is 12.7. The number of rotatable bonds is 8. The fraction of sp³-hybridized carbons (Fsp3) is 0.312. The molecule has 2 aromatic heterocycles. The van der Waals surface area contributed by atoms with Crippen LogP contribution in [0.1, 0.15) is 13.8 Å². The third-order valence-electron chi connectivity index (χ3n) is 3.22. The van der Waals surface area contributed by atoms with Crippen LogP contribution >= 0.6 is 11.3 Å². The van der Waals surface area contributed by atoms with E-state index in [1.807, 2.05) is 19.9 Å². The first kappa shape index (κ1) is 17.8. The van der Waals surface area contributed by atoms with Crippen molar-refractivity contribution in [3.8, 4) is 22.9 Å². The standard InChI is InChI=1S/C16H18N6O3S/c1-3-24-12-6-5-11(9-13(12)25-4-2)15-19-21-22(20-15)10-14(23)18-16-17-7-8-26-16/h5-9H,3-4,10H2,1-2H3,(H,17,18,23). The zero-order valence-corrected chi connectivity index (χ0v) is 15.2. The SMILES string of the molecule is CCOc1ccc(-c2nnn(CC(=O)Nc3nccs3)n2)cc1OCC. The van der Waals surface area contributed by atoms with Crippen molar-refractivity contribution in [1.29, 1.82) is 0 Å². The Labute approximate surface area is 154 Å². The number of aromatic nitrogens is 5. The first-order valence-electron chi connectivity index (χ1n) is 8.06. The minimum atomic E-state index is -0.273. The van der Waals surface area contributed by atoms with Gasteiger partial charge >= 0.3 is 0 Å². The summed E-state index contributed by atoms with van der Waals surface area (Å²) in [5, 5.41) is 17.2. The Hall–Kier alpha value is -3.01. The Balaban J connectivity index is 1.72. The number of nitrogens with zero attached hydrogens (tertiary/aromatic N) is 5. The summed E-state index contributed by atoms with van der Waals surface area (Å²) >= 11 is 1.34. The summed E-state index contributed by atoms with van der Waals surface area (Å²) < 4.78 is 11.1. The summed E-state index contributed by atoms with van der Waals surface area (Å²) in [6.07, 6.45) is 1.62. The zero-order chi connectivity index (χ0) is 18.4. The van der Waals surface area contributed by atoms with Crippen molar-refractivity contribution < 1.29 is 14.3 Å². The van der Waals surface area contributed by atoms with Gasteiger partial charge in [0.2, 0.25) is 11.7 Å². The Morgan fingerprint density at radius 2 is 2.04 bits per heavy atom. The van der Waals surface area contributed by atoms with Crippen LogP contribution < -0.4 is 14.8 Å². The van der Waals surface area contributed by atoms with Gasteiger partial charge in [0, 0.05) is 17.1 Å². The maximum atomic E-state index is 12.0. The number of amides is 1. The van der Waals surface area contributed by atoms with Crippen molar-refractivity contribution in [3.05, 3.63) is 29.8 Å². The van der Waals surface area contributed by atoms with Crippen LogP contribution in [0.4, 0.5) is 5.13 Å². The van der Waals surface area contributed by atoms with Crippen molar-refractivity contribution >= 4 is 22.4 Å². The second-order valence-corrected chi connectivity index (χ2v) is 5.95. The zero-order valence-electron chi connectivity index (χ0n) is 14.4. The third kappa shape index (κ3) is 4.33. The van der Waals surface area contributed by atoms with Gasteiger partial charge in [-0.2, -0.15) is 4.80 Å². The molecule has 0 spiro atoms. The molecule has 0 aliphatic rings. The predicted molar refractivity (Wildman–Crippen MR) is 96.3 cm³/mol. The number of carbonyl (C=O) groups excluding carboxylic acids is 1. The molecule has 2 heterocycles. The van der Waals surface area contributed by atoms with Crippen LogP contribution in [0.15, 0.2) is 29.8 Å². The number of hydrogen-bond acceptors (Lipinski definition) is 8. The fourth-order valence-electron chi connectivity index (χ4n) is 2.19. The maximum absolute atomic E-state index is 12.0. The third-order valence-corrected chi connectivity index (χ3v) is 3.91. The van der Waals surface area contributed by atoms with E-state index in [0.29, 0.717) is 35.7 Å². The monoisotopic (exact) mass is 374 g/mol. The molecule has 136 valence electrons. The van der Waals surface area contributed by atoms with Crippen molar-refractivity contribution in [1.82, 2.24) is 25.2 Å². The van der Waals surface area contributed by atoms with Gasteiger partial charge in [-0.25, -0.2) is 4.98 Å². The molecule has 1 amide bonds. The van der Waals surface area contributed by atoms with E-state index in [0.717, 1.165) is 5.56 Å². The molecule has 1 N–H and O–H groups in total. The van der Waals surface area contributed by atoms with Gasteiger partial charge in [-0.3, -0.25) is 4.79 Å². The van der Waals surface area contributed by atoms with Gasteiger partial charge in [0.15, 0.2) is 16.6 Å². The van der Waals surface area contributed by atoms with E-state index in [-0.39, 0.29) is 12.5 Å². The molecule has 0 bridgehead atoms. The molecule has 1 aromatic carbocycles. The number of tetrazole rings is 1. The van der Waals surface area contributed by atoms with Gasteiger partial charge in [0.05, 0.1) is 13.2 Å². The highest BCUT2D eigenvalue weighted by atomic mass is 32.1. The molecule has 0 saturated carbocycles. The second kappa shape index (κ2) is 8.39. The summed E-state index contributed by atoms with van der Waals surface area (Å²) in [6.45, 7) is 4.82. The van der Waals surface area contributed by atoms with Crippen molar-refractivity contribution in [3.63, 3.8) is 0 Å². The molecular formula is C16H18N6O3S. The van der Waals surface area contributed by atoms with Crippen LogP contribution in [0.3, 0.4) is 0 Å². The highest BCUT2D eigenvalue weighted by molar-refractivity contribution is 7.13. The Bertz CT molecular complexity index is 865. The second-order valence-electron chi connectivity index (χ2n) is 5.06. The molecule has 0 fully saturated rings. The van der Waals surface area contributed by atoms with Crippen LogP contribution in [-0.4, -0.2) is 44.3 Å². The molecule has 0 saturated heterocycles. The van der Waals surface area contributed by atoms with E-state index in [1.54, 1.807) is 23.7 Å². The average Bonchev–Trinajstić information content (AvgIpc) is 3.29. The number of carbonyl (C=O) groups is 1. The van der Waals surface area contributed by atoms with Gasteiger partial charge in [-0.05, 0) is 37.3 Å². The minimum Gasteiger partial charge on any atom is -0.490 e. The molecule has 3 rings (SSSR count). The summed E-state index contributed by atoms with van der Waals surface area (Å²) in [4.78, 5) is 17.2. The van der Waals surface area contributed by atoms with Crippen molar-refractivity contribution in [2.75, 3.05) is 18.5 Å². The van der Waals surface area contributed by atoms with E-state index < -0.39 is 0 Å². The molecule has 0 atom stereocenters. The molecule has 0 unspecified atom stereocenters. The lowest BCUT2D eigenvalue weighted by molar-refractivity contribution is -0.117. The Kier molecular flexibility index (Phi) is 5.74. The molecule has 9 nitrogen and oxygen atoms in total. The van der Waals surface area contributed by atoms with Gasteiger partial charge < -0.3 is 14.8 Å². The highest BCUT2D eigenvalue weighted by Gasteiger charge is 2.13. The summed E-state index contributed by atoms with van der Waals surface area (Å²) in [5.41, 5.74) is 0.725. The van der Waals surface area contributed by atoms with Gasteiger partial charge in [0.25, 0.3) is 0 Å². The van der Waals surface area contributed by atoms with E-state index in [2.05, 4.69) is 25.7 Å². The number of thiazole rings is 1. The number of ether oxygens (including phenoxy) is 2. The quantitative estimate of drug-likeness (QED) is 0.645. The molecule has 26 heavy (non-hydrogen) atoms. The van der Waals surface area contributed by atoms with Gasteiger partial charge in [0.1, 0.15) is 6.54 Å². The molecule has 0 aliphatic heterocycles. The van der Waals surface area contributed by atoms with Crippen LogP contribution in [0, 0.1) is 0 Å². The number of benzene rings is 1. The van der Waals surface area contributed by atoms with Crippen LogP contribution in [0.5, 0.6) is 11.5 Å². The van der Waals surface area contributed by atoms with Crippen LogP contribution in [0.25, 0.3) is 11.4 Å². The maximum Gasteiger partial charge on any atom is 0.249 e. The van der Waals surface area contributed by atoms with Gasteiger partial charge in [-0.15, -0.1) is 21.5 Å². The fourth-order valence-corrected chi connectivity index (χ4v) is 2.73. The Morgan fingerprint density at radius 3 is 2.77 bits per heavy atom. The normalized spacial score (nSPS) is 10.5. The largest absolute Gasteiger partial charge is 0.490 e. The van der Waals surface area contributed by atoms with Crippen LogP contribution in [0.2, 0.25) is 0 Å². The first-order valence-corrected chi connectivity index (χ1v) is 8.94. The topological polar surface area (TPSA) is 104 Å². The molecule has 0 aliphatic carbocycles. The average molecular weight is 374 g/mol. The molecule has 3 aromatic rings. The van der Waals surface area contributed by atoms with Crippen molar-refractivity contribution in [2.45, 2.75) is 20.4 Å². The molecule has 10 heteroatoms. The number of anilines is 1. The Morgan fingerprint density at radius 1 is 1.23 bits per heavy atom. The summed E-state index contributed by atoms with van der Waals surface area (Å²) in [7, 11) is 0. The van der Waals surface area contributed by atoms with Crippen LogP contribution in [-0.2, 0) is 11.3 Å². The highest BCUT2D eigenvalue weighted by Crippen LogP contribution is 2.31. The smallest absolute Gasteiger partial charge is 0.249 e. The summed E-state index contributed by atoms with van der Waals surface area (Å²) in [5.74, 6) is 1.40. The number of nitrogens with one attached hydrogen (secondary N) is 1. The lowest BCUT2D eigenvalue weighted by atomic mass is 10.2. The van der Waals surface area contributed by atoms with Crippen molar-refractivity contribution in [2.24, 2.45) is 0 Å². The number of hydrogen-bond donors (Lipinski definition) is 1. The lowest BCUT2D eigenvalue weighted by Gasteiger charge is -2.11. The van der Waals surface area contributed by atoms with E-state index in [1.165, 1.54) is 16.1 Å². The van der Waals surface area contributed by atoms with Gasteiger partial charge in [-0.1, -0.05) is 0 Å². The minimum absolute atomic E-state index is 0.0536.